The van der Waals surface area contributed by atoms with E-state index in [4.69, 9.17) is 0 Å². The highest BCUT2D eigenvalue weighted by atomic mass is 16.6. The molecular formula is C20H28N4O4. The summed E-state index contributed by atoms with van der Waals surface area (Å²) < 4.78 is 0. The number of amides is 2. The lowest BCUT2D eigenvalue weighted by Crippen LogP contribution is -2.53. The molecule has 152 valence electrons. The normalized spacial score (nSPS) is 20.9. The van der Waals surface area contributed by atoms with Gasteiger partial charge in [0.25, 0.3) is 11.6 Å². The summed E-state index contributed by atoms with van der Waals surface area (Å²) in [7, 11) is 0. The molecule has 28 heavy (non-hydrogen) atoms. The molecule has 0 aromatic heterocycles. The molecule has 0 bridgehead atoms. The summed E-state index contributed by atoms with van der Waals surface area (Å²) in [6.07, 6.45) is 3.34. The van der Waals surface area contributed by atoms with Crippen molar-refractivity contribution in [2.75, 3.05) is 39.3 Å². The summed E-state index contributed by atoms with van der Waals surface area (Å²) >= 11 is 0. The number of piperazine rings is 1. The quantitative estimate of drug-likeness (QED) is 0.582. The van der Waals surface area contributed by atoms with E-state index in [2.05, 4.69) is 11.8 Å². The van der Waals surface area contributed by atoms with Crippen molar-refractivity contribution in [3.8, 4) is 0 Å². The Morgan fingerprint density at radius 3 is 2.46 bits per heavy atom. The molecule has 2 aliphatic heterocycles. The Labute approximate surface area is 165 Å². The van der Waals surface area contributed by atoms with Gasteiger partial charge in [0.05, 0.1) is 11.5 Å². The fraction of sp³-hybridized carbons (Fsp3) is 0.600. The molecule has 1 unspecified atom stereocenters. The van der Waals surface area contributed by atoms with Crippen molar-refractivity contribution in [1.82, 2.24) is 14.7 Å². The van der Waals surface area contributed by atoms with Crippen molar-refractivity contribution in [1.29, 1.82) is 0 Å². The third kappa shape index (κ3) is 4.49. The number of nitrogens with zero attached hydrogens (tertiary/aromatic N) is 4. The molecule has 0 N–H and O–H groups in total. The fourth-order valence-electron chi connectivity index (χ4n) is 4.04. The number of nitro benzene ring substituents is 1. The van der Waals surface area contributed by atoms with Gasteiger partial charge in [0.2, 0.25) is 5.91 Å². The van der Waals surface area contributed by atoms with Gasteiger partial charge in [-0.1, -0.05) is 0 Å². The number of hydrogen-bond acceptors (Lipinski definition) is 5. The number of aryl methyl sites for hydroxylation is 1. The van der Waals surface area contributed by atoms with Crippen LogP contribution in [0.4, 0.5) is 5.69 Å². The lowest BCUT2D eigenvalue weighted by atomic mass is 10.0. The fourth-order valence-corrected chi connectivity index (χ4v) is 4.04. The monoisotopic (exact) mass is 388 g/mol. The van der Waals surface area contributed by atoms with Gasteiger partial charge in [-0.3, -0.25) is 24.6 Å². The summed E-state index contributed by atoms with van der Waals surface area (Å²) in [4.78, 5) is 41.6. The number of carbonyl (C=O) groups is 2. The predicted octanol–water partition coefficient (Wildman–Crippen LogP) is 2.06. The highest BCUT2D eigenvalue weighted by Gasteiger charge is 2.28. The molecule has 0 aliphatic carbocycles. The minimum Gasteiger partial charge on any atom is -0.339 e. The van der Waals surface area contributed by atoms with Crippen LogP contribution in [0.2, 0.25) is 0 Å². The van der Waals surface area contributed by atoms with Crippen molar-refractivity contribution in [3.05, 3.63) is 39.4 Å². The van der Waals surface area contributed by atoms with Crippen LogP contribution in [0.25, 0.3) is 0 Å². The van der Waals surface area contributed by atoms with Crippen LogP contribution in [-0.4, -0.2) is 76.7 Å². The first kappa shape index (κ1) is 20.3. The summed E-state index contributed by atoms with van der Waals surface area (Å²) in [6.45, 7) is 7.42. The highest BCUT2D eigenvalue weighted by Crippen LogP contribution is 2.20. The van der Waals surface area contributed by atoms with Crippen molar-refractivity contribution in [2.24, 2.45) is 0 Å². The maximum atomic E-state index is 12.7. The number of piperidine rings is 1. The summed E-state index contributed by atoms with van der Waals surface area (Å²) in [5.41, 5.74) is 0.970. The van der Waals surface area contributed by atoms with E-state index in [1.54, 1.807) is 17.9 Å². The highest BCUT2D eigenvalue weighted by molar-refractivity contribution is 5.94. The smallest absolute Gasteiger partial charge is 0.272 e. The Kier molecular flexibility index (Phi) is 6.28. The van der Waals surface area contributed by atoms with Gasteiger partial charge in [0, 0.05) is 56.0 Å². The Bertz CT molecular complexity index is 759. The van der Waals surface area contributed by atoms with Gasteiger partial charge in [-0.05, 0) is 45.2 Å². The van der Waals surface area contributed by atoms with E-state index in [0.717, 1.165) is 19.4 Å². The van der Waals surface area contributed by atoms with Crippen LogP contribution in [-0.2, 0) is 4.79 Å². The molecule has 2 heterocycles. The van der Waals surface area contributed by atoms with Crippen LogP contribution in [0.3, 0.4) is 0 Å². The van der Waals surface area contributed by atoms with Gasteiger partial charge in [-0.25, -0.2) is 0 Å². The third-order valence-corrected chi connectivity index (χ3v) is 5.78. The third-order valence-electron chi connectivity index (χ3n) is 5.78. The van der Waals surface area contributed by atoms with Crippen molar-refractivity contribution in [2.45, 2.75) is 39.2 Å². The minimum atomic E-state index is -0.442. The van der Waals surface area contributed by atoms with E-state index in [-0.39, 0.29) is 17.5 Å². The number of likely N-dealkylation sites (tertiary alicyclic amines) is 1. The molecule has 2 amide bonds. The molecular weight excluding hydrogens is 360 g/mol. The van der Waals surface area contributed by atoms with Crippen molar-refractivity contribution < 1.29 is 14.5 Å². The number of benzene rings is 1. The molecule has 2 saturated heterocycles. The van der Waals surface area contributed by atoms with Crippen LogP contribution in [0.15, 0.2) is 18.2 Å². The first-order valence-corrected chi connectivity index (χ1v) is 9.93. The first-order chi connectivity index (χ1) is 13.4. The molecule has 1 atom stereocenters. The predicted molar refractivity (Wildman–Crippen MR) is 105 cm³/mol. The summed E-state index contributed by atoms with van der Waals surface area (Å²) in [5, 5.41) is 10.9. The first-order valence-electron chi connectivity index (χ1n) is 9.93. The molecule has 1 aromatic carbocycles. The number of nitro groups is 1. The zero-order valence-electron chi connectivity index (χ0n) is 16.6. The zero-order valence-corrected chi connectivity index (χ0v) is 16.6. The van der Waals surface area contributed by atoms with Crippen LogP contribution in [0.1, 0.15) is 42.1 Å². The summed E-state index contributed by atoms with van der Waals surface area (Å²) in [6, 6.07) is 4.79. The Hall–Kier alpha value is -2.48. The number of carbonyl (C=O) groups excluding carboxylic acids is 2. The Morgan fingerprint density at radius 1 is 1.14 bits per heavy atom. The molecule has 8 nitrogen and oxygen atoms in total. The second-order valence-electron chi connectivity index (χ2n) is 7.76. The maximum absolute atomic E-state index is 12.7. The van der Waals surface area contributed by atoms with Crippen molar-refractivity contribution >= 4 is 17.5 Å². The van der Waals surface area contributed by atoms with Gasteiger partial charge >= 0.3 is 0 Å². The molecule has 2 fully saturated rings. The van der Waals surface area contributed by atoms with E-state index < -0.39 is 4.92 Å². The van der Waals surface area contributed by atoms with Gasteiger partial charge in [-0.15, -0.1) is 0 Å². The van der Waals surface area contributed by atoms with Crippen LogP contribution in [0, 0.1) is 17.0 Å². The van der Waals surface area contributed by atoms with Gasteiger partial charge in [-0.2, -0.15) is 0 Å². The van der Waals surface area contributed by atoms with E-state index in [1.807, 2.05) is 4.90 Å². The molecule has 8 heteroatoms. The van der Waals surface area contributed by atoms with Crippen molar-refractivity contribution in [3.63, 3.8) is 0 Å². The standard InChI is InChI=1S/C20H28N4O4/c1-15-13-17(6-7-18(15)24(27)28)20(26)22-11-9-21(10-12-22)14-19(25)23-8-4-3-5-16(23)2/h6-7,13,16H,3-5,8-12,14H2,1-2H3. The second-order valence-corrected chi connectivity index (χ2v) is 7.76. The van der Waals surface area contributed by atoms with E-state index in [0.29, 0.717) is 49.9 Å². The second kappa shape index (κ2) is 8.68. The van der Waals surface area contributed by atoms with Gasteiger partial charge < -0.3 is 9.80 Å². The van der Waals surface area contributed by atoms with Crippen LogP contribution < -0.4 is 0 Å². The lowest BCUT2D eigenvalue weighted by Gasteiger charge is -2.38. The van der Waals surface area contributed by atoms with E-state index in [1.165, 1.54) is 18.6 Å². The lowest BCUT2D eigenvalue weighted by molar-refractivity contribution is -0.385. The average Bonchev–Trinajstić information content (AvgIpc) is 2.68. The Morgan fingerprint density at radius 2 is 1.86 bits per heavy atom. The summed E-state index contributed by atoms with van der Waals surface area (Å²) in [5.74, 6) is 0.0617. The van der Waals surface area contributed by atoms with Crippen LogP contribution in [0.5, 0.6) is 0 Å². The molecule has 0 spiro atoms. The average molecular weight is 388 g/mol. The van der Waals surface area contributed by atoms with Gasteiger partial charge in [0.1, 0.15) is 0 Å². The SMILES string of the molecule is Cc1cc(C(=O)N2CCN(CC(=O)N3CCCCC3C)CC2)ccc1[N+](=O)[O-]. The number of hydrogen-bond donors (Lipinski definition) is 0. The number of rotatable bonds is 4. The molecule has 2 aliphatic rings. The van der Waals surface area contributed by atoms with E-state index in [9.17, 15) is 19.7 Å². The maximum Gasteiger partial charge on any atom is 0.272 e. The largest absolute Gasteiger partial charge is 0.339 e. The molecule has 0 saturated carbocycles. The molecule has 1 aromatic rings. The minimum absolute atomic E-state index is 0.0202. The zero-order chi connectivity index (χ0) is 20.3. The van der Waals surface area contributed by atoms with Crippen LogP contribution >= 0.6 is 0 Å². The Balaban J connectivity index is 1.53. The van der Waals surface area contributed by atoms with E-state index >= 15 is 0 Å². The van der Waals surface area contributed by atoms with Gasteiger partial charge in [0.15, 0.2) is 0 Å². The topological polar surface area (TPSA) is 87.0 Å². The molecule has 3 rings (SSSR count). The molecule has 0 radical (unpaired) electrons.